The van der Waals surface area contributed by atoms with Gasteiger partial charge in [-0.05, 0) is 30.7 Å². The van der Waals surface area contributed by atoms with Crippen molar-refractivity contribution in [2.75, 3.05) is 38.2 Å². The molecule has 0 amide bonds. The summed E-state index contributed by atoms with van der Waals surface area (Å²) >= 11 is 0. The van der Waals surface area contributed by atoms with Crippen LogP contribution >= 0.6 is 0 Å². The number of hydrogen-bond donors (Lipinski definition) is 3. The van der Waals surface area contributed by atoms with E-state index < -0.39 is 24.8 Å². The van der Waals surface area contributed by atoms with E-state index in [1.54, 1.807) is 4.90 Å². The Labute approximate surface area is 186 Å². The Hall–Kier alpha value is -3.02. The number of nitrogens with zero attached hydrogens (tertiary/aromatic N) is 2. The summed E-state index contributed by atoms with van der Waals surface area (Å²) in [6, 6.07) is 5.11. The number of pyridine rings is 1. The highest BCUT2D eigenvalue weighted by Crippen LogP contribution is 2.29. The summed E-state index contributed by atoms with van der Waals surface area (Å²) < 4.78 is 63.3. The third-order valence-corrected chi connectivity index (χ3v) is 5.35. The number of alkyl halides is 3. The number of halogens is 4. The minimum atomic E-state index is -4.50. The first kappa shape index (κ1) is 23.1. The van der Waals surface area contributed by atoms with Gasteiger partial charge in [0.1, 0.15) is 24.2 Å². The van der Waals surface area contributed by atoms with Crippen molar-refractivity contribution in [2.45, 2.75) is 18.8 Å². The van der Waals surface area contributed by atoms with Crippen LogP contribution in [0, 0.1) is 11.2 Å². The van der Waals surface area contributed by atoms with Crippen LogP contribution in [0.2, 0.25) is 0 Å². The van der Waals surface area contributed by atoms with Crippen molar-refractivity contribution < 1.29 is 31.8 Å². The second-order valence-corrected chi connectivity index (χ2v) is 7.66. The largest absolute Gasteiger partial charge is 0.464 e. The van der Waals surface area contributed by atoms with E-state index in [2.05, 4.69) is 10.3 Å². The van der Waals surface area contributed by atoms with E-state index in [1.807, 2.05) is 0 Å². The van der Waals surface area contributed by atoms with Crippen LogP contribution in [0.15, 0.2) is 41.1 Å². The van der Waals surface area contributed by atoms with Crippen LogP contribution in [0.25, 0.3) is 11.0 Å². The van der Waals surface area contributed by atoms with Gasteiger partial charge in [-0.25, -0.2) is 4.39 Å². The molecule has 0 spiro atoms. The molecule has 0 aliphatic carbocycles. The summed E-state index contributed by atoms with van der Waals surface area (Å²) in [5.74, 6) is -0.536. The lowest BCUT2D eigenvalue weighted by molar-refractivity contribution is -0.115. The van der Waals surface area contributed by atoms with Crippen LogP contribution in [-0.2, 0) is 4.74 Å². The van der Waals surface area contributed by atoms with Crippen LogP contribution < -0.4 is 5.32 Å². The van der Waals surface area contributed by atoms with Gasteiger partial charge in [0, 0.05) is 48.1 Å². The van der Waals surface area contributed by atoms with E-state index >= 15 is 0 Å². The van der Waals surface area contributed by atoms with Crippen molar-refractivity contribution in [3.8, 4) is 0 Å². The fraction of sp³-hybridized carbons (Fsp3) is 0.364. The van der Waals surface area contributed by atoms with Gasteiger partial charge >= 0.3 is 6.18 Å². The maximum atomic E-state index is 13.7. The van der Waals surface area contributed by atoms with E-state index in [-0.39, 0.29) is 28.2 Å². The number of ether oxygens (including phenoxy) is 1. The predicted octanol–water partition coefficient (Wildman–Crippen LogP) is 4.07. The van der Waals surface area contributed by atoms with Gasteiger partial charge in [0.15, 0.2) is 6.23 Å². The Morgan fingerprint density at radius 3 is 2.82 bits per heavy atom. The molecule has 0 radical (unpaired) electrons. The fourth-order valence-electron chi connectivity index (χ4n) is 3.69. The first-order chi connectivity index (χ1) is 15.7. The molecule has 3 N–H and O–H groups in total. The van der Waals surface area contributed by atoms with Gasteiger partial charge in [0.2, 0.25) is 0 Å². The SMILES string of the molecule is N=C(c1cnc(C(O)N2CCCOCC2)cc1NCC(F)(F)F)c1coc2ccc(F)cc12. The van der Waals surface area contributed by atoms with Gasteiger partial charge in [-0.15, -0.1) is 0 Å². The maximum absolute atomic E-state index is 13.7. The first-order valence-electron chi connectivity index (χ1n) is 10.3. The summed E-state index contributed by atoms with van der Waals surface area (Å²) in [4.78, 5) is 5.94. The zero-order chi connectivity index (χ0) is 23.6. The van der Waals surface area contributed by atoms with Gasteiger partial charge in [-0.3, -0.25) is 15.3 Å². The third kappa shape index (κ3) is 5.32. The molecule has 4 rings (SSSR count). The van der Waals surface area contributed by atoms with Gasteiger partial charge in [-0.2, -0.15) is 13.2 Å². The molecule has 3 heterocycles. The quantitative estimate of drug-likeness (QED) is 0.375. The van der Waals surface area contributed by atoms with Gasteiger partial charge in [0.25, 0.3) is 0 Å². The lowest BCUT2D eigenvalue weighted by Crippen LogP contribution is -2.32. The average molecular weight is 466 g/mol. The first-order valence-corrected chi connectivity index (χ1v) is 10.3. The Balaban J connectivity index is 1.70. The molecule has 1 aliphatic heterocycles. The molecule has 7 nitrogen and oxygen atoms in total. The van der Waals surface area contributed by atoms with E-state index in [1.165, 1.54) is 36.7 Å². The zero-order valence-electron chi connectivity index (χ0n) is 17.5. The highest BCUT2D eigenvalue weighted by molar-refractivity contribution is 6.19. The standard InChI is InChI=1S/C22H22F4N4O3/c23-13-2-3-19-14(8-13)16(11-33-19)20(27)15-10-28-18(9-17(15)29-12-22(24,25)26)21(31)30-4-1-6-32-7-5-30/h2-3,8-11,21,27,31H,1,4-7,12H2,(H,28,29). The van der Waals surface area contributed by atoms with E-state index in [4.69, 9.17) is 14.6 Å². The van der Waals surface area contributed by atoms with Crippen molar-refractivity contribution in [3.63, 3.8) is 0 Å². The average Bonchev–Trinajstić information content (AvgIpc) is 3.00. The zero-order valence-corrected chi connectivity index (χ0v) is 17.5. The van der Waals surface area contributed by atoms with Crippen molar-refractivity contribution in [2.24, 2.45) is 0 Å². The highest BCUT2D eigenvalue weighted by Gasteiger charge is 2.29. The molecule has 176 valence electrons. The molecule has 1 unspecified atom stereocenters. The minimum Gasteiger partial charge on any atom is -0.464 e. The predicted molar refractivity (Wildman–Crippen MR) is 113 cm³/mol. The molecule has 1 aliphatic rings. The summed E-state index contributed by atoms with van der Waals surface area (Å²) in [5, 5.41) is 22.0. The Bertz CT molecular complexity index is 1140. The normalized spacial score (nSPS) is 16.5. The summed E-state index contributed by atoms with van der Waals surface area (Å²) in [6.45, 7) is 0.620. The van der Waals surface area contributed by atoms with Crippen LogP contribution in [0.5, 0.6) is 0 Å². The van der Waals surface area contributed by atoms with Crippen molar-refractivity contribution in [1.82, 2.24) is 9.88 Å². The molecule has 1 saturated heterocycles. The maximum Gasteiger partial charge on any atom is 0.405 e. The van der Waals surface area contributed by atoms with E-state index in [0.29, 0.717) is 43.7 Å². The molecular formula is C22H22F4N4O3. The number of benzene rings is 1. The minimum absolute atomic E-state index is 0.0294. The number of hydrogen-bond acceptors (Lipinski definition) is 7. The Morgan fingerprint density at radius 2 is 2.03 bits per heavy atom. The number of aromatic nitrogens is 1. The highest BCUT2D eigenvalue weighted by atomic mass is 19.4. The molecule has 3 aromatic rings. The lowest BCUT2D eigenvalue weighted by atomic mass is 10.0. The van der Waals surface area contributed by atoms with E-state index in [0.717, 1.165) is 0 Å². The van der Waals surface area contributed by atoms with Crippen molar-refractivity contribution >= 4 is 22.4 Å². The number of aliphatic hydroxyl groups is 1. The number of anilines is 1. The molecule has 1 aromatic carbocycles. The molecular weight excluding hydrogens is 444 g/mol. The number of nitrogens with one attached hydrogen (secondary N) is 2. The molecule has 1 fully saturated rings. The van der Waals surface area contributed by atoms with Crippen molar-refractivity contribution in [3.05, 3.63) is 59.4 Å². The van der Waals surface area contributed by atoms with Gasteiger partial charge in [-0.1, -0.05) is 0 Å². The van der Waals surface area contributed by atoms with Gasteiger partial charge < -0.3 is 19.6 Å². The van der Waals surface area contributed by atoms with Crippen LogP contribution in [-0.4, -0.2) is 59.7 Å². The second-order valence-electron chi connectivity index (χ2n) is 7.66. The molecule has 1 atom stereocenters. The molecule has 11 heteroatoms. The van der Waals surface area contributed by atoms with Crippen molar-refractivity contribution in [1.29, 1.82) is 5.41 Å². The molecule has 0 bridgehead atoms. The second kappa shape index (κ2) is 9.46. The summed E-state index contributed by atoms with van der Waals surface area (Å²) in [7, 11) is 0. The lowest BCUT2D eigenvalue weighted by Gasteiger charge is -2.26. The van der Waals surface area contributed by atoms with E-state index in [9.17, 15) is 22.7 Å². The fourth-order valence-corrected chi connectivity index (χ4v) is 3.69. The van der Waals surface area contributed by atoms with Crippen LogP contribution in [0.3, 0.4) is 0 Å². The summed E-state index contributed by atoms with van der Waals surface area (Å²) in [6.07, 6.45) is -2.48. The third-order valence-electron chi connectivity index (χ3n) is 5.35. The van der Waals surface area contributed by atoms with Crippen LogP contribution in [0.4, 0.5) is 23.2 Å². The number of furan rings is 1. The van der Waals surface area contributed by atoms with Crippen LogP contribution in [0.1, 0.15) is 29.5 Å². The monoisotopic (exact) mass is 466 g/mol. The number of fused-ring (bicyclic) bond motifs is 1. The molecule has 2 aromatic heterocycles. The smallest absolute Gasteiger partial charge is 0.405 e. The molecule has 33 heavy (non-hydrogen) atoms. The topological polar surface area (TPSA) is 94.6 Å². The number of aliphatic hydroxyl groups excluding tert-OH is 1. The Morgan fingerprint density at radius 1 is 1.21 bits per heavy atom. The Kier molecular flexibility index (Phi) is 6.63. The molecule has 0 saturated carbocycles. The summed E-state index contributed by atoms with van der Waals surface area (Å²) in [5.41, 5.74) is 0.519. The van der Waals surface area contributed by atoms with Gasteiger partial charge in [0.05, 0.1) is 18.0 Å². The number of rotatable bonds is 6.